The number of nitrogens with zero attached hydrogens (tertiary/aromatic N) is 4. The van der Waals surface area contributed by atoms with E-state index < -0.39 is 11.8 Å². The maximum absolute atomic E-state index is 14.3. The number of halogens is 2. The molecule has 1 aliphatic rings. The molecule has 1 saturated heterocycles. The summed E-state index contributed by atoms with van der Waals surface area (Å²) < 4.78 is 14.3. The van der Waals surface area contributed by atoms with E-state index in [9.17, 15) is 19.1 Å². The van der Waals surface area contributed by atoms with Gasteiger partial charge in [-0.3, -0.25) is 9.69 Å². The van der Waals surface area contributed by atoms with Crippen molar-refractivity contribution >= 4 is 40.5 Å². The smallest absolute Gasteiger partial charge is 0.358 e. The predicted octanol–water partition coefficient (Wildman–Crippen LogP) is 3.66. The highest BCUT2D eigenvalue weighted by atomic mass is 35.5. The molecule has 0 atom stereocenters. The lowest BCUT2D eigenvalue weighted by molar-refractivity contribution is -0.120. The number of amides is 1. The summed E-state index contributed by atoms with van der Waals surface area (Å²) >= 11 is 6.11. The van der Waals surface area contributed by atoms with Crippen molar-refractivity contribution in [2.45, 2.75) is 0 Å². The highest BCUT2D eigenvalue weighted by Gasteiger charge is 2.23. The number of anilines is 3. The zero-order valence-corrected chi connectivity index (χ0v) is 17.8. The number of carboxylic acids is 1. The molecule has 32 heavy (non-hydrogen) atoms. The Labute approximate surface area is 188 Å². The van der Waals surface area contributed by atoms with Crippen LogP contribution >= 0.6 is 11.6 Å². The number of rotatable bonds is 5. The van der Waals surface area contributed by atoms with Gasteiger partial charge >= 0.3 is 5.97 Å². The number of nitrogens with one attached hydrogen (secondary N) is 1. The fourth-order valence-corrected chi connectivity index (χ4v) is 3.71. The molecule has 2 aromatic carbocycles. The predicted molar refractivity (Wildman–Crippen MR) is 119 cm³/mol. The van der Waals surface area contributed by atoms with Gasteiger partial charge in [0.25, 0.3) is 0 Å². The summed E-state index contributed by atoms with van der Waals surface area (Å²) in [6.45, 7) is 1.72. The molecule has 0 radical (unpaired) electrons. The van der Waals surface area contributed by atoms with E-state index in [1.54, 1.807) is 29.2 Å². The van der Waals surface area contributed by atoms with E-state index in [0.717, 1.165) is 12.2 Å². The standard InChI is InChI=1S/C22H19ClFN5O3/c1-28-9-10-29(19(30)12-28)14-7-5-13(6-8-14)25-18-11-17(26-27-21(18)22(31)32)20-15(23)3-2-4-16(20)24/h2-8,11H,9-10,12H2,1H3,(H,25,26)(H,31,32). The number of likely N-dealkylation sites (N-methyl/N-ethyl adjacent to an activating group) is 1. The molecule has 1 aromatic heterocycles. The van der Waals surface area contributed by atoms with Crippen molar-refractivity contribution in [2.24, 2.45) is 0 Å². The number of carbonyl (C=O) groups is 2. The summed E-state index contributed by atoms with van der Waals surface area (Å²) in [5.41, 5.74) is 1.26. The number of aromatic carboxylic acids is 1. The molecule has 164 valence electrons. The summed E-state index contributed by atoms with van der Waals surface area (Å²) in [6.07, 6.45) is 0. The fourth-order valence-electron chi connectivity index (χ4n) is 3.45. The summed E-state index contributed by atoms with van der Waals surface area (Å²) in [6, 6.07) is 12.6. The Hall–Kier alpha value is -3.56. The maximum atomic E-state index is 14.3. The second-order valence-electron chi connectivity index (χ2n) is 7.35. The number of hydrogen-bond donors (Lipinski definition) is 2. The highest BCUT2D eigenvalue weighted by molar-refractivity contribution is 6.33. The third-order valence-electron chi connectivity index (χ3n) is 5.08. The topological polar surface area (TPSA) is 98.7 Å². The van der Waals surface area contributed by atoms with Gasteiger partial charge in [-0.05, 0) is 49.5 Å². The molecule has 3 aromatic rings. The van der Waals surface area contributed by atoms with E-state index in [1.165, 1.54) is 24.3 Å². The Morgan fingerprint density at radius 3 is 2.56 bits per heavy atom. The van der Waals surface area contributed by atoms with Gasteiger partial charge in [-0.15, -0.1) is 10.2 Å². The monoisotopic (exact) mass is 455 g/mol. The molecular formula is C22H19ClFN5O3. The number of benzene rings is 2. The Kier molecular flexibility index (Phi) is 6.02. The van der Waals surface area contributed by atoms with Gasteiger partial charge in [0.2, 0.25) is 5.91 Å². The number of carboxylic acid groups (broad SMARTS) is 1. The Morgan fingerprint density at radius 2 is 1.91 bits per heavy atom. The van der Waals surface area contributed by atoms with Gasteiger partial charge in [0.05, 0.1) is 28.5 Å². The van der Waals surface area contributed by atoms with E-state index in [0.29, 0.717) is 18.8 Å². The lowest BCUT2D eigenvalue weighted by Crippen LogP contribution is -2.48. The average molecular weight is 456 g/mol. The summed E-state index contributed by atoms with van der Waals surface area (Å²) in [7, 11) is 1.90. The molecule has 0 unspecified atom stereocenters. The van der Waals surface area contributed by atoms with Crippen LogP contribution < -0.4 is 10.2 Å². The molecule has 10 heteroatoms. The van der Waals surface area contributed by atoms with Crippen molar-refractivity contribution < 1.29 is 19.1 Å². The molecular weight excluding hydrogens is 437 g/mol. The van der Waals surface area contributed by atoms with Crippen molar-refractivity contribution in [2.75, 3.05) is 36.9 Å². The molecule has 8 nitrogen and oxygen atoms in total. The number of aromatic nitrogens is 2. The minimum absolute atomic E-state index is 0.0114. The average Bonchev–Trinajstić information content (AvgIpc) is 2.74. The molecule has 1 amide bonds. The first-order valence-corrected chi connectivity index (χ1v) is 10.1. The maximum Gasteiger partial charge on any atom is 0.358 e. The van der Waals surface area contributed by atoms with E-state index in [1.807, 2.05) is 11.9 Å². The van der Waals surface area contributed by atoms with Crippen LogP contribution in [0, 0.1) is 5.82 Å². The van der Waals surface area contributed by atoms with E-state index in [-0.39, 0.29) is 33.6 Å². The van der Waals surface area contributed by atoms with Crippen LogP contribution in [0.2, 0.25) is 5.02 Å². The summed E-state index contributed by atoms with van der Waals surface area (Å²) in [5, 5.41) is 20.2. The number of hydrogen-bond acceptors (Lipinski definition) is 6. The molecule has 2 heterocycles. The fraction of sp³-hybridized carbons (Fsp3) is 0.182. The van der Waals surface area contributed by atoms with Crippen molar-refractivity contribution in [3.63, 3.8) is 0 Å². The van der Waals surface area contributed by atoms with Crippen LogP contribution in [-0.4, -0.2) is 58.8 Å². The zero-order valence-electron chi connectivity index (χ0n) is 17.0. The number of piperazine rings is 1. The van der Waals surface area contributed by atoms with Crippen LogP contribution in [0.3, 0.4) is 0 Å². The van der Waals surface area contributed by atoms with Crippen molar-refractivity contribution in [3.8, 4) is 11.3 Å². The van der Waals surface area contributed by atoms with Crippen LogP contribution in [0.5, 0.6) is 0 Å². The van der Waals surface area contributed by atoms with Crippen LogP contribution in [-0.2, 0) is 4.79 Å². The van der Waals surface area contributed by atoms with Gasteiger partial charge in [-0.1, -0.05) is 17.7 Å². The van der Waals surface area contributed by atoms with Gasteiger partial charge < -0.3 is 15.3 Å². The van der Waals surface area contributed by atoms with Gasteiger partial charge in [-0.25, -0.2) is 9.18 Å². The Balaban J connectivity index is 1.63. The highest BCUT2D eigenvalue weighted by Crippen LogP contribution is 2.32. The zero-order chi connectivity index (χ0) is 22.8. The first kappa shape index (κ1) is 21.7. The SMILES string of the molecule is CN1CCN(c2ccc(Nc3cc(-c4c(F)cccc4Cl)nnc3C(=O)O)cc2)C(=O)C1. The van der Waals surface area contributed by atoms with E-state index in [2.05, 4.69) is 15.5 Å². The minimum Gasteiger partial charge on any atom is -0.476 e. The van der Waals surface area contributed by atoms with E-state index in [4.69, 9.17) is 11.6 Å². The molecule has 0 spiro atoms. The first-order valence-electron chi connectivity index (χ1n) is 9.75. The molecule has 0 bridgehead atoms. The van der Waals surface area contributed by atoms with Crippen LogP contribution in [0.1, 0.15) is 10.5 Å². The van der Waals surface area contributed by atoms with Crippen LogP contribution in [0.15, 0.2) is 48.5 Å². The Morgan fingerprint density at radius 1 is 1.16 bits per heavy atom. The first-order chi connectivity index (χ1) is 15.3. The lowest BCUT2D eigenvalue weighted by Gasteiger charge is -2.32. The van der Waals surface area contributed by atoms with Crippen molar-refractivity contribution in [1.82, 2.24) is 15.1 Å². The van der Waals surface area contributed by atoms with Crippen molar-refractivity contribution in [3.05, 3.63) is 65.1 Å². The third-order valence-corrected chi connectivity index (χ3v) is 5.40. The third kappa shape index (κ3) is 4.39. The summed E-state index contributed by atoms with van der Waals surface area (Å²) in [4.78, 5) is 27.6. The molecule has 0 aliphatic carbocycles. The lowest BCUT2D eigenvalue weighted by atomic mass is 10.1. The molecule has 1 fully saturated rings. The summed E-state index contributed by atoms with van der Waals surface area (Å²) in [5.74, 6) is -1.87. The largest absolute Gasteiger partial charge is 0.476 e. The van der Waals surface area contributed by atoms with Gasteiger partial charge in [-0.2, -0.15) is 0 Å². The van der Waals surface area contributed by atoms with Crippen LogP contribution in [0.25, 0.3) is 11.3 Å². The normalized spacial score (nSPS) is 14.5. The second kappa shape index (κ2) is 8.89. The van der Waals surface area contributed by atoms with Gasteiger partial charge in [0, 0.05) is 24.5 Å². The molecule has 2 N–H and O–H groups in total. The Bertz CT molecular complexity index is 1170. The van der Waals surface area contributed by atoms with Crippen molar-refractivity contribution in [1.29, 1.82) is 0 Å². The van der Waals surface area contributed by atoms with Crippen LogP contribution in [0.4, 0.5) is 21.5 Å². The molecule has 4 rings (SSSR count). The quantitative estimate of drug-likeness (QED) is 0.605. The minimum atomic E-state index is -1.29. The number of carbonyl (C=O) groups excluding carboxylic acids is 1. The van der Waals surface area contributed by atoms with Gasteiger partial charge in [0.15, 0.2) is 5.69 Å². The van der Waals surface area contributed by atoms with E-state index >= 15 is 0 Å². The molecule has 1 aliphatic heterocycles. The second-order valence-corrected chi connectivity index (χ2v) is 7.76. The molecule has 0 saturated carbocycles. The van der Waals surface area contributed by atoms with Gasteiger partial charge in [0.1, 0.15) is 5.82 Å².